The maximum Gasteiger partial charge on any atom is 0.0349 e. The van der Waals surface area contributed by atoms with Crippen molar-refractivity contribution in [3.8, 4) is 0 Å². The molecule has 1 aromatic heterocycles. The van der Waals surface area contributed by atoms with Crippen LogP contribution in [0.1, 0.15) is 22.4 Å². The molecule has 0 saturated carbocycles. The predicted molar refractivity (Wildman–Crippen MR) is 82.7 cm³/mol. The second kappa shape index (κ2) is 5.76. The van der Waals surface area contributed by atoms with Gasteiger partial charge in [0.1, 0.15) is 0 Å². The minimum Gasteiger partial charge on any atom is -0.398 e. The van der Waals surface area contributed by atoms with Gasteiger partial charge in [0.15, 0.2) is 0 Å². The molecule has 1 aliphatic carbocycles. The summed E-state index contributed by atoms with van der Waals surface area (Å²) in [5, 5.41) is 5.83. The molecule has 3 rings (SSSR count). The van der Waals surface area contributed by atoms with Gasteiger partial charge in [0, 0.05) is 23.2 Å². The lowest BCUT2D eigenvalue weighted by molar-refractivity contribution is 0.463. The molecule has 0 spiro atoms. The third-order valence-corrected chi connectivity index (χ3v) is 4.84. The fraction of sp³-hybridized carbons (Fsp3) is 0.375. The number of nitrogens with one attached hydrogen (secondary N) is 1. The molecule has 19 heavy (non-hydrogen) atoms. The Bertz CT molecular complexity index is 534. The van der Waals surface area contributed by atoms with Crippen molar-refractivity contribution in [2.45, 2.75) is 31.7 Å². The highest BCUT2D eigenvalue weighted by atomic mass is 32.1. The van der Waals surface area contributed by atoms with Gasteiger partial charge >= 0.3 is 0 Å². The Balaban J connectivity index is 1.54. The summed E-state index contributed by atoms with van der Waals surface area (Å²) in [6.45, 7) is 1.07. The van der Waals surface area contributed by atoms with E-state index >= 15 is 0 Å². The molecule has 2 aromatic rings. The van der Waals surface area contributed by atoms with E-state index in [-0.39, 0.29) is 0 Å². The topological polar surface area (TPSA) is 38.0 Å². The number of hydrogen-bond donors (Lipinski definition) is 2. The molecule has 0 saturated heterocycles. The zero-order valence-electron chi connectivity index (χ0n) is 11.1. The van der Waals surface area contributed by atoms with Crippen LogP contribution in [0.2, 0.25) is 0 Å². The van der Waals surface area contributed by atoms with Crippen molar-refractivity contribution in [2.75, 3.05) is 12.3 Å². The van der Waals surface area contributed by atoms with Crippen LogP contribution in [0, 0.1) is 0 Å². The molecule has 3 heteroatoms. The van der Waals surface area contributed by atoms with Crippen molar-refractivity contribution in [1.82, 2.24) is 5.32 Å². The summed E-state index contributed by atoms with van der Waals surface area (Å²) in [6.07, 6.45) is 4.56. The van der Waals surface area contributed by atoms with E-state index < -0.39 is 0 Å². The molecule has 1 unspecified atom stereocenters. The molecule has 0 radical (unpaired) electrons. The largest absolute Gasteiger partial charge is 0.398 e. The van der Waals surface area contributed by atoms with Crippen LogP contribution in [0.3, 0.4) is 0 Å². The smallest absolute Gasteiger partial charge is 0.0349 e. The number of thiophene rings is 1. The number of rotatable bonds is 4. The number of nitrogens with two attached hydrogens (primary N) is 1. The number of hydrogen-bond acceptors (Lipinski definition) is 3. The van der Waals surface area contributed by atoms with Gasteiger partial charge in [0.2, 0.25) is 0 Å². The molecule has 0 bridgehead atoms. The van der Waals surface area contributed by atoms with Crippen molar-refractivity contribution in [1.29, 1.82) is 0 Å². The highest BCUT2D eigenvalue weighted by Gasteiger charge is 2.19. The second-order valence-electron chi connectivity index (χ2n) is 5.21. The molecule has 0 amide bonds. The maximum absolute atomic E-state index is 6.03. The van der Waals surface area contributed by atoms with E-state index in [2.05, 4.69) is 35.0 Å². The Morgan fingerprint density at radius 1 is 1.26 bits per heavy atom. The standard InChI is InChI=1S/C16H20N2S/c17-16-5-1-3-12-11-13(6-7-15(12)16)18-9-8-14-4-2-10-19-14/h1-5,10,13,18H,6-9,11,17H2. The van der Waals surface area contributed by atoms with Gasteiger partial charge < -0.3 is 11.1 Å². The van der Waals surface area contributed by atoms with E-state index in [4.69, 9.17) is 5.73 Å². The summed E-state index contributed by atoms with van der Waals surface area (Å²) in [7, 11) is 0. The molecule has 3 N–H and O–H groups in total. The maximum atomic E-state index is 6.03. The summed E-state index contributed by atoms with van der Waals surface area (Å²) in [4.78, 5) is 1.47. The van der Waals surface area contributed by atoms with Crippen molar-refractivity contribution in [3.05, 3.63) is 51.7 Å². The highest BCUT2D eigenvalue weighted by Crippen LogP contribution is 2.26. The molecule has 1 atom stereocenters. The van der Waals surface area contributed by atoms with E-state index in [0.717, 1.165) is 31.5 Å². The van der Waals surface area contributed by atoms with Crippen LogP contribution in [0.5, 0.6) is 0 Å². The van der Waals surface area contributed by atoms with Crippen molar-refractivity contribution >= 4 is 17.0 Å². The Morgan fingerprint density at radius 2 is 2.21 bits per heavy atom. The van der Waals surface area contributed by atoms with Crippen LogP contribution < -0.4 is 11.1 Å². The molecule has 0 aliphatic heterocycles. The van der Waals surface area contributed by atoms with E-state index in [0.29, 0.717) is 6.04 Å². The van der Waals surface area contributed by atoms with Gasteiger partial charge in [0.25, 0.3) is 0 Å². The number of anilines is 1. The first-order valence-electron chi connectivity index (χ1n) is 6.95. The monoisotopic (exact) mass is 272 g/mol. The average molecular weight is 272 g/mol. The lowest BCUT2D eigenvalue weighted by atomic mass is 9.87. The van der Waals surface area contributed by atoms with Crippen LogP contribution in [-0.2, 0) is 19.3 Å². The van der Waals surface area contributed by atoms with Gasteiger partial charge in [-0.25, -0.2) is 0 Å². The summed E-state index contributed by atoms with van der Waals surface area (Å²) in [6, 6.07) is 11.3. The first-order valence-corrected chi connectivity index (χ1v) is 7.83. The first-order chi connectivity index (χ1) is 9.33. The molecule has 2 nitrogen and oxygen atoms in total. The van der Waals surface area contributed by atoms with E-state index in [9.17, 15) is 0 Å². The molecular formula is C16H20N2S. The number of nitrogen functional groups attached to an aromatic ring is 1. The van der Waals surface area contributed by atoms with Gasteiger partial charge in [-0.15, -0.1) is 11.3 Å². The summed E-state index contributed by atoms with van der Waals surface area (Å²) >= 11 is 1.84. The van der Waals surface area contributed by atoms with Crippen LogP contribution >= 0.6 is 11.3 Å². The summed E-state index contributed by atoms with van der Waals surface area (Å²) in [5.74, 6) is 0. The Morgan fingerprint density at radius 3 is 3.05 bits per heavy atom. The van der Waals surface area contributed by atoms with E-state index in [1.807, 2.05) is 17.4 Å². The van der Waals surface area contributed by atoms with E-state index in [1.165, 1.54) is 22.4 Å². The second-order valence-corrected chi connectivity index (χ2v) is 6.24. The fourth-order valence-electron chi connectivity index (χ4n) is 2.87. The Hall–Kier alpha value is -1.32. The third kappa shape index (κ3) is 2.99. The fourth-order valence-corrected chi connectivity index (χ4v) is 3.57. The number of benzene rings is 1. The van der Waals surface area contributed by atoms with Crippen LogP contribution in [0.15, 0.2) is 35.7 Å². The first kappa shape index (κ1) is 12.7. The summed E-state index contributed by atoms with van der Waals surface area (Å²) in [5.41, 5.74) is 9.80. The predicted octanol–water partition coefficient (Wildman–Crippen LogP) is 3.02. The molecular weight excluding hydrogens is 252 g/mol. The molecule has 1 heterocycles. The lowest BCUT2D eigenvalue weighted by Gasteiger charge is -2.26. The SMILES string of the molecule is Nc1cccc2c1CCC(NCCc1cccs1)C2. The molecule has 0 fully saturated rings. The molecule has 1 aliphatic rings. The lowest BCUT2D eigenvalue weighted by Crippen LogP contribution is -2.35. The Kier molecular flexibility index (Phi) is 3.85. The van der Waals surface area contributed by atoms with E-state index in [1.54, 1.807) is 0 Å². The van der Waals surface area contributed by atoms with Crippen molar-refractivity contribution in [3.63, 3.8) is 0 Å². The Labute approximate surface area is 118 Å². The quantitative estimate of drug-likeness (QED) is 0.840. The summed E-state index contributed by atoms with van der Waals surface area (Å²) < 4.78 is 0. The normalized spacial score (nSPS) is 18.2. The highest BCUT2D eigenvalue weighted by molar-refractivity contribution is 7.09. The van der Waals surface area contributed by atoms with Gasteiger partial charge in [-0.1, -0.05) is 18.2 Å². The van der Waals surface area contributed by atoms with Gasteiger partial charge in [-0.3, -0.25) is 0 Å². The zero-order valence-corrected chi connectivity index (χ0v) is 11.9. The molecule has 100 valence electrons. The number of fused-ring (bicyclic) bond motifs is 1. The minimum atomic E-state index is 0.606. The van der Waals surface area contributed by atoms with Crippen LogP contribution in [0.4, 0.5) is 5.69 Å². The van der Waals surface area contributed by atoms with Crippen molar-refractivity contribution in [2.24, 2.45) is 0 Å². The van der Waals surface area contributed by atoms with Gasteiger partial charge in [0.05, 0.1) is 0 Å². The van der Waals surface area contributed by atoms with Gasteiger partial charge in [-0.05, 0) is 54.3 Å². The average Bonchev–Trinajstić information content (AvgIpc) is 2.92. The van der Waals surface area contributed by atoms with Crippen LogP contribution in [0.25, 0.3) is 0 Å². The van der Waals surface area contributed by atoms with Crippen LogP contribution in [-0.4, -0.2) is 12.6 Å². The zero-order chi connectivity index (χ0) is 13.1. The molecule has 1 aromatic carbocycles. The minimum absolute atomic E-state index is 0.606. The van der Waals surface area contributed by atoms with Gasteiger partial charge in [-0.2, -0.15) is 0 Å². The third-order valence-electron chi connectivity index (χ3n) is 3.90. The van der Waals surface area contributed by atoms with Crippen molar-refractivity contribution < 1.29 is 0 Å².